The Morgan fingerprint density at radius 2 is 1.81 bits per heavy atom. The molecular weight excluding hydrogens is 382 g/mol. The fraction of sp³-hybridized carbons (Fsp3) is 0.105. The fourth-order valence-electron chi connectivity index (χ4n) is 2.58. The Bertz CT molecular complexity index is 1090. The van der Waals surface area contributed by atoms with Crippen LogP contribution in [0.5, 0.6) is 0 Å². The topological polar surface area (TPSA) is 54.9 Å². The zero-order chi connectivity index (χ0) is 18.1. The second kappa shape index (κ2) is 7.19. The molecule has 2 heterocycles. The quantitative estimate of drug-likeness (QED) is 0.326. The van der Waals surface area contributed by atoms with E-state index < -0.39 is 0 Å². The van der Waals surface area contributed by atoms with E-state index in [9.17, 15) is 4.79 Å². The van der Waals surface area contributed by atoms with E-state index in [1.807, 2.05) is 36.4 Å². The number of thiazole rings is 2. The Hall–Kier alpha value is -2.22. The number of anilines is 2. The first-order valence-corrected chi connectivity index (χ1v) is 10.8. The van der Waals surface area contributed by atoms with Gasteiger partial charge in [0, 0.05) is 17.4 Å². The van der Waals surface area contributed by atoms with Crippen LogP contribution in [0, 0.1) is 0 Å². The lowest BCUT2D eigenvalue weighted by Gasteiger charge is -1.98. The largest absolute Gasteiger partial charge is 0.307 e. The second-order valence-corrected chi connectivity index (χ2v) is 8.51. The summed E-state index contributed by atoms with van der Waals surface area (Å²) in [6.07, 6.45) is 2.06. The van der Waals surface area contributed by atoms with Crippen molar-refractivity contribution in [2.24, 2.45) is 0 Å². The summed E-state index contributed by atoms with van der Waals surface area (Å²) in [5.74, 6) is 0.0170. The lowest BCUT2D eigenvalue weighted by molar-refractivity contribution is 0.102. The highest BCUT2D eigenvalue weighted by atomic mass is 32.2. The van der Waals surface area contributed by atoms with Crippen molar-refractivity contribution in [1.82, 2.24) is 9.97 Å². The number of fused-ring (bicyclic) bond motifs is 1. The highest BCUT2D eigenvalue weighted by molar-refractivity contribution is 7.98. The average Bonchev–Trinajstić information content (AvgIpc) is 3.25. The van der Waals surface area contributed by atoms with Crippen LogP contribution in [0.1, 0.15) is 16.6 Å². The molecule has 0 aliphatic carbocycles. The van der Waals surface area contributed by atoms with Crippen molar-refractivity contribution in [2.45, 2.75) is 11.8 Å². The summed E-state index contributed by atoms with van der Waals surface area (Å²) in [6, 6.07) is 16.0. The van der Waals surface area contributed by atoms with Gasteiger partial charge in [-0.25, -0.2) is 9.97 Å². The maximum Gasteiger partial charge on any atom is 0.190 e. The number of carbonyl (C=O) groups excluding carboxylic acids is 1. The van der Waals surface area contributed by atoms with Gasteiger partial charge in [-0.05, 0) is 24.5 Å². The van der Waals surface area contributed by atoms with Crippen LogP contribution in [0.4, 0.5) is 10.3 Å². The Morgan fingerprint density at radius 3 is 2.54 bits per heavy atom. The van der Waals surface area contributed by atoms with Crippen LogP contribution < -0.4 is 5.32 Å². The summed E-state index contributed by atoms with van der Waals surface area (Å²) >= 11 is 4.67. The molecule has 130 valence electrons. The molecule has 0 bridgehead atoms. The Kier molecular flexibility index (Phi) is 4.76. The van der Waals surface area contributed by atoms with Gasteiger partial charge in [0.25, 0.3) is 0 Å². The van der Waals surface area contributed by atoms with Gasteiger partial charge in [-0.3, -0.25) is 4.79 Å². The van der Waals surface area contributed by atoms with E-state index in [2.05, 4.69) is 33.7 Å². The zero-order valence-electron chi connectivity index (χ0n) is 14.1. The van der Waals surface area contributed by atoms with Crippen LogP contribution >= 0.6 is 34.4 Å². The van der Waals surface area contributed by atoms with E-state index in [1.165, 1.54) is 16.2 Å². The minimum atomic E-state index is 0.0170. The predicted molar refractivity (Wildman–Crippen MR) is 112 cm³/mol. The SMILES string of the molecule is CSc1ccc2nc(Nc3nc(-c4ccccc4)c(C(C)=O)s3)sc2c1. The van der Waals surface area contributed by atoms with Crippen molar-refractivity contribution < 1.29 is 4.79 Å². The number of hydrogen-bond acceptors (Lipinski definition) is 7. The third kappa shape index (κ3) is 3.38. The summed E-state index contributed by atoms with van der Waals surface area (Å²) in [5, 5.41) is 4.73. The van der Waals surface area contributed by atoms with Crippen LogP contribution in [0.3, 0.4) is 0 Å². The molecule has 0 saturated heterocycles. The summed E-state index contributed by atoms with van der Waals surface area (Å²) < 4.78 is 1.13. The van der Waals surface area contributed by atoms with Crippen molar-refractivity contribution in [3.8, 4) is 11.3 Å². The average molecular weight is 398 g/mol. The molecule has 4 rings (SSSR count). The van der Waals surface area contributed by atoms with E-state index >= 15 is 0 Å². The molecule has 7 heteroatoms. The number of hydrogen-bond donors (Lipinski definition) is 1. The van der Waals surface area contributed by atoms with Crippen molar-refractivity contribution in [3.05, 3.63) is 53.4 Å². The first-order valence-electron chi connectivity index (χ1n) is 7.93. The van der Waals surface area contributed by atoms with E-state index in [1.54, 1.807) is 30.0 Å². The molecule has 0 saturated carbocycles. The molecule has 0 aliphatic rings. The van der Waals surface area contributed by atoms with Crippen LogP contribution in [0.15, 0.2) is 53.4 Å². The molecule has 2 aromatic carbocycles. The number of nitrogens with one attached hydrogen (secondary N) is 1. The Labute approximate surface area is 163 Å². The van der Waals surface area contributed by atoms with Crippen LogP contribution in [0.25, 0.3) is 21.5 Å². The molecule has 0 amide bonds. The monoisotopic (exact) mass is 397 g/mol. The third-order valence-corrected chi connectivity index (χ3v) is 6.53. The first kappa shape index (κ1) is 17.2. The van der Waals surface area contributed by atoms with Crippen LogP contribution in [0.2, 0.25) is 0 Å². The van der Waals surface area contributed by atoms with Crippen molar-refractivity contribution in [2.75, 3.05) is 11.6 Å². The molecule has 0 fully saturated rings. The molecule has 1 N–H and O–H groups in total. The van der Waals surface area contributed by atoms with E-state index in [-0.39, 0.29) is 5.78 Å². The number of benzene rings is 2. The first-order chi connectivity index (χ1) is 12.6. The second-order valence-electron chi connectivity index (χ2n) is 5.60. The molecule has 26 heavy (non-hydrogen) atoms. The van der Waals surface area contributed by atoms with E-state index in [4.69, 9.17) is 0 Å². The van der Waals surface area contributed by atoms with Crippen molar-refractivity contribution in [1.29, 1.82) is 0 Å². The van der Waals surface area contributed by atoms with Crippen LogP contribution in [-0.2, 0) is 0 Å². The fourth-order valence-corrected chi connectivity index (χ4v) is 4.95. The maximum absolute atomic E-state index is 12.0. The molecule has 4 nitrogen and oxygen atoms in total. The van der Waals surface area contributed by atoms with Crippen LogP contribution in [-0.4, -0.2) is 22.0 Å². The predicted octanol–water partition coefficient (Wildman–Crippen LogP) is 6.09. The lowest BCUT2D eigenvalue weighted by atomic mass is 10.1. The minimum absolute atomic E-state index is 0.0170. The molecule has 0 aliphatic heterocycles. The summed E-state index contributed by atoms with van der Waals surface area (Å²) in [5.41, 5.74) is 2.62. The smallest absolute Gasteiger partial charge is 0.190 e. The number of aromatic nitrogens is 2. The molecule has 2 aromatic heterocycles. The van der Waals surface area contributed by atoms with Gasteiger partial charge in [0.2, 0.25) is 0 Å². The summed E-state index contributed by atoms with van der Waals surface area (Å²) in [7, 11) is 0. The number of rotatable bonds is 5. The molecule has 0 radical (unpaired) electrons. The highest BCUT2D eigenvalue weighted by Gasteiger charge is 2.17. The minimum Gasteiger partial charge on any atom is -0.307 e. The van der Waals surface area contributed by atoms with Gasteiger partial charge in [-0.15, -0.1) is 11.8 Å². The van der Waals surface area contributed by atoms with Crippen molar-refractivity contribution in [3.63, 3.8) is 0 Å². The van der Waals surface area contributed by atoms with Gasteiger partial charge >= 0.3 is 0 Å². The number of thioether (sulfide) groups is 1. The van der Waals surface area contributed by atoms with Gasteiger partial charge < -0.3 is 5.32 Å². The Balaban J connectivity index is 1.69. The lowest BCUT2D eigenvalue weighted by Crippen LogP contribution is -1.91. The molecule has 0 spiro atoms. The standard InChI is InChI=1S/C19H15N3OS3/c1-11(23)17-16(12-6-4-3-5-7-12)21-19(26-17)22-18-20-14-9-8-13(24-2)10-15(14)25-18/h3-10H,1-2H3,(H,20,21,22). The van der Waals surface area contributed by atoms with Gasteiger partial charge in [0.05, 0.1) is 20.8 Å². The van der Waals surface area contributed by atoms with Gasteiger partial charge in [0.15, 0.2) is 16.0 Å². The number of Topliss-reactive ketones (excluding diaryl/α,β-unsaturated/α-hetero) is 1. The molecule has 0 unspecified atom stereocenters. The van der Waals surface area contributed by atoms with Gasteiger partial charge in [-0.2, -0.15) is 0 Å². The highest BCUT2D eigenvalue weighted by Crippen LogP contribution is 2.35. The summed E-state index contributed by atoms with van der Waals surface area (Å²) in [6.45, 7) is 1.57. The maximum atomic E-state index is 12.0. The number of ketones is 1. The third-order valence-electron chi connectivity index (χ3n) is 3.80. The number of nitrogens with zero attached hydrogens (tertiary/aromatic N) is 2. The van der Waals surface area contributed by atoms with E-state index in [0.717, 1.165) is 26.6 Å². The normalized spacial score (nSPS) is 11.0. The molecule has 0 atom stereocenters. The van der Waals surface area contributed by atoms with Gasteiger partial charge in [0.1, 0.15) is 0 Å². The number of carbonyl (C=O) groups is 1. The van der Waals surface area contributed by atoms with Gasteiger partial charge in [-0.1, -0.05) is 53.0 Å². The molecular formula is C19H15N3OS3. The van der Waals surface area contributed by atoms with E-state index in [0.29, 0.717) is 10.0 Å². The zero-order valence-corrected chi connectivity index (χ0v) is 16.6. The Morgan fingerprint density at radius 1 is 1.04 bits per heavy atom. The molecule has 4 aromatic rings. The van der Waals surface area contributed by atoms with Crippen molar-refractivity contribution >= 4 is 60.7 Å². The summed E-state index contributed by atoms with van der Waals surface area (Å²) in [4.78, 5) is 23.2.